The van der Waals surface area contributed by atoms with Gasteiger partial charge in [0.15, 0.2) is 5.43 Å². The molecular formula is C30H31NO6S. The number of methoxy groups -OCH3 is 1. The van der Waals surface area contributed by atoms with Crippen LogP contribution < -0.4 is 10.7 Å². The molecule has 0 saturated heterocycles. The van der Waals surface area contributed by atoms with E-state index in [1.165, 1.54) is 7.11 Å². The molecule has 1 N–H and O–H groups in total. The van der Waals surface area contributed by atoms with Gasteiger partial charge in [-0.15, -0.1) is 0 Å². The first-order chi connectivity index (χ1) is 18.3. The minimum Gasteiger partial charge on any atom is -0.466 e. The van der Waals surface area contributed by atoms with Crippen molar-refractivity contribution in [3.8, 4) is 11.3 Å². The Hall–Kier alpha value is -3.78. The number of para-hydroxylation sites is 1. The Morgan fingerprint density at radius 2 is 1.66 bits per heavy atom. The van der Waals surface area contributed by atoms with E-state index in [1.54, 1.807) is 50.7 Å². The Bertz CT molecular complexity index is 1500. The van der Waals surface area contributed by atoms with Crippen molar-refractivity contribution in [3.63, 3.8) is 0 Å². The molecule has 2 heterocycles. The smallest absolute Gasteiger partial charge is 0.336 e. The topological polar surface area (TPSA) is 94.8 Å². The maximum atomic E-state index is 13.5. The maximum absolute atomic E-state index is 13.5. The van der Waals surface area contributed by atoms with Crippen molar-refractivity contribution < 1.29 is 23.5 Å². The van der Waals surface area contributed by atoms with Gasteiger partial charge in [-0.1, -0.05) is 49.4 Å². The number of benzene rings is 2. The molecule has 0 radical (unpaired) electrons. The van der Waals surface area contributed by atoms with Crippen LogP contribution in [-0.2, 0) is 19.1 Å². The van der Waals surface area contributed by atoms with Crippen LogP contribution in [0.15, 0.2) is 80.3 Å². The Kier molecular flexibility index (Phi) is 8.42. The molecule has 38 heavy (non-hydrogen) atoms. The van der Waals surface area contributed by atoms with Gasteiger partial charge in [0.1, 0.15) is 18.0 Å². The minimum atomic E-state index is -0.867. The Morgan fingerprint density at radius 3 is 2.32 bits per heavy atom. The number of nitrogens with one attached hydrogen (secondary N) is 1. The summed E-state index contributed by atoms with van der Waals surface area (Å²) in [5, 5.41) is 3.51. The average Bonchev–Trinajstić information content (AvgIpc) is 2.92. The number of fused-ring (bicyclic) bond motifs is 1. The van der Waals surface area contributed by atoms with Crippen LogP contribution >= 0.6 is 11.8 Å². The number of hydrogen-bond donors (Lipinski definition) is 1. The quantitative estimate of drug-likeness (QED) is 0.301. The fourth-order valence-electron chi connectivity index (χ4n) is 4.80. The van der Waals surface area contributed by atoms with Gasteiger partial charge in [0.2, 0.25) is 0 Å². The number of rotatable bonds is 8. The first kappa shape index (κ1) is 27.3. The summed E-state index contributed by atoms with van der Waals surface area (Å²) in [6.07, 6.45) is 0. The fraction of sp³-hybridized carbons (Fsp3) is 0.300. The lowest BCUT2D eigenvalue weighted by molar-refractivity contribution is -0.139. The molecule has 0 spiro atoms. The molecule has 3 aromatic rings. The largest absolute Gasteiger partial charge is 0.466 e. The van der Waals surface area contributed by atoms with Crippen LogP contribution in [0.2, 0.25) is 0 Å². The van der Waals surface area contributed by atoms with Crippen molar-refractivity contribution in [2.24, 2.45) is 0 Å². The standard InChI is InChI=1S/C30H31NO6S/c1-6-38-16-15-36-30(34)24-19(4)31-18(3)23(29(33)35-5)25(24)21-13-10-14-22-26(32)17(2)27(37-28(21)22)20-11-8-7-9-12-20/h7-14,25,31H,6,15-16H2,1-5H3. The summed E-state index contributed by atoms with van der Waals surface area (Å²) in [6, 6.07) is 14.6. The van der Waals surface area contributed by atoms with E-state index in [-0.39, 0.29) is 23.2 Å². The van der Waals surface area contributed by atoms with Crippen molar-refractivity contribution >= 4 is 34.7 Å². The summed E-state index contributed by atoms with van der Waals surface area (Å²) in [6.45, 7) is 7.53. The number of esters is 2. The summed E-state index contributed by atoms with van der Waals surface area (Å²) < 4.78 is 17.2. The van der Waals surface area contributed by atoms with Crippen molar-refractivity contribution in [3.05, 3.63) is 92.4 Å². The Morgan fingerprint density at radius 1 is 0.974 bits per heavy atom. The maximum Gasteiger partial charge on any atom is 0.336 e. The third-order valence-corrected chi connectivity index (χ3v) is 7.44. The van der Waals surface area contributed by atoms with Gasteiger partial charge in [0, 0.05) is 33.8 Å². The van der Waals surface area contributed by atoms with E-state index in [4.69, 9.17) is 13.9 Å². The van der Waals surface area contributed by atoms with Crippen molar-refractivity contribution in [2.45, 2.75) is 33.6 Å². The highest BCUT2D eigenvalue weighted by Crippen LogP contribution is 2.42. The van der Waals surface area contributed by atoms with E-state index in [1.807, 2.05) is 37.3 Å². The zero-order valence-corrected chi connectivity index (χ0v) is 23.0. The third-order valence-electron chi connectivity index (χ3n) is 6.57. The lowest BCUT2D eigenvalue weighted by Gasteiger charge is -2.30. The molecule has 0 saturated carbocycles. The van der Waals surface area contributed by atoms with E-state index in [2.05, 4.69) is 5.32 Å². The second kappa shape index (κ2) is 11.7. The number of carbonyl (C=O) groups excluding carboxylic acids is 2. The van der Waals surface area contributed by atoms with E-state index >= 15 is 0 Å². The monoisotopic (exact) mass is 533 g/mol. The molecule has 2 aromatic carbocycles. The highest BCUT2D eigenvalue weighted by Gasteiger charge is 2.39. The number of allylic oxidation sites excluding steroid dienone is 2. The molecule has 0 amide bonds. The molecule has 0 fully saturated rings. The van der Waals surface area contributed by atoms with Gasteiger partial charge >= 0.3 is 11.9 Å². The molecule has 1 aromatic heterocycles. The molecule has 1 aliphatic heterocycles. The van der Waals surface area contributed by atoms with Crippen LogP contribution in [0.1, 0.15) is 37.8 Å². The van der Waals surface area contributed by atoms with E-state index in [0.717, 1.165) is 11.3 Å². The lowest BCUT2D eigenvalue weighted by Crippen LogP contribution is -2.32. The van der Waals surface area contributed by atoms with Gasteiger partial charge in [-0.3, -0.25) is 4.79 Å². The van der Waals surface area contributed by atoms with E-state index in [9.17, 15) is 14.4 Å². The number of carbonyl (C=O) groups is 2. The second-order valence-electron chi connectivity index (χ2n) is 8.94. The van der Waals surface area contributed by atoms with Crippen LogP contribution in [-0.4, -0.2) is 37.2 Å². The van der Waals surface area contributed by atoms with Crippen LogP contribution in [0.5, 0.6) is 0 Å². The Balaban J connectivity index is 1.97. The molecule has 0 bridgehead atoms. The van der Waals surface area contributed by atoms with Crippen LogP contribution in [0.3, 0.4) is 0 Å². The number of thioether (sulfide) groups is 1. The zero-order valence-electron chi connectivity index (χ0n) is 22.2. The zero-order chi connectivity index (χ0) is 27.4. The molecule has 7 nitrogen and oxygen atoms in total. The van der Waals surface area contributed by atoms with Crippen molar-refractivity contribution in [1.82, 2.24) is 5.32 Å². The van der Waals surface area contributed by atoms with E-state index in [0.29, 0.717) is 45.0 Å². The van der Waals surface area contributed by atoms with E-state index < -0.39 is 17.9 Å². The molecule has 0 aliphatic carbocycles. The van der Waals surface area contributed by atoms with Crippen molar-refractivity contribution in [2.75, 3.05) is 25.2 Å². The molecule has 8 heteroatoms. The summed E-state index contributed by atoms with van der Waals surface area (Å²) in [7, 11) is 1.30. The van der Waals surface area contributed by atoms with Gasteiger partial charge in [0.25, 0.3) is 0 Å². The molecule has 1 unspecified atom stereocenters. The number of ether oxygens (including phenoxy) is 2. The summed E-state index contributed by atoms with van der Waals surface area (Å²) in [5.41, 5.74) is 3.50. The summed E-state index contributed by atoms with van der Waals surface area (Å²) in [4.78, 5) is 40.1. The highest BCUT2D eigenvalue weighted by molar-refractivity contribution is 7.99. The molecule has 4 rings (SSSR count). The van der Waals surface area contributed by atoms with Gasteiger partial charge in [-0.25, -0.2) is 9.59 Å². The predicted octanol–water partition coefficient (Wildman–Crippen LogP) is 5.47. The van der Waals surface area contributed by atoms with Crippen LogP contribution in [0, 0.1) is 6.92 Å². The Labute approximate surface area is 225 Å². The van der Waals surface area contributed by atoms with Crippen molar-refractivity contribution in [1.29, 1.82) is 0 Å². The summed E-state index contributed by atoms with van der Waals surface area (Å²) in [5.74, 6) is 0.0125. The van der Waals surface area contributed by atoms with Crippen LogP contribution in [0.25, 0.3) is 22.3 Å². The minimum absolute atomic E-state index is 0.178. The first-order valence-electron chi connectivity index (χ1n) is 12.4. The molecule has 1 aliphatic rings. The molecular weight excluding hydrogens is 502 g/mol. The molecule has 198 valence electrons. The SMILES string of the molecule is CCSCCOC(=O)C1=C(C)NC(C)=C(C(=O)OC)C1c1cccc2c(=O)c(C)c(-c3ccccc3)oc12. The van der Waals surface area contributed by atoms with Gasteiger partial charge < -0.3 is 19.2 Å². The van der Waals surface area contributed by atoms with Gasteiger partial charge in [-0.2, -0.15) is 11.8 Å². The fourth-order valence-corrected chi connectivity index (χ4v) is 5.28. The normalized spacial score (nSPS) is 15.4. The average molecular weight is 534 g/mol. The third kappa shape index (κ3) is 5.13. The second-order valence-corrected chi connectivity index (χ2v) is 10.3. The van der Waals surface area contributed by atoms with Crippen LogP contribution in [0.4, 0.5) is 0 Å². The molecule has 1 atom stereocenters. The summed E-state index contributed by atoms with van der Waals surface area (Å²) >= 11 is 1.67. The van der Waals surface area contributed by atoms with Gasteiger partial charge in [0.05, 0.1) is 29.6 Å². The number of dihydropyridines is 1. The highest BCUT2D eigenvalue weighted by atomic mass is 32.2. The lowest BCUT2D eigenvalue weighted by atomic mass is 9.79. The predicted molar refractivity (Wildman–Crippen MR) is 150 cm³/mol. The number of hydrogen-bond acceptors (Lipinski definition) is 8. The first-order valence-corrected chi connectivity index (χ1v) is 13.6. The van der Waals surface area contributed by atoms with Gasteiger partial charge in [-0.05, 0) is 32.6 Å².